The fraction of sp³-hybridized carbons (Fsp3) is 0.429. The second-order valence-corrected chi connectivity index (χ2v) is 6.22. The average molecular weight is 360 g/mol. The largest absolute Gasteiger partial charge is 0.491 e. The van der Waals surface area contributed by atoms with Gasteiger partial charge in [-0.15, -0.1) is 0 Å². The lowest BCUT2D eigenvalue weighted by atomic mass is 10.2. The molecule has 1 rings (SSSR count). The lowest BCUT2D eigenvalue weighted by Crippen LogP contribution is -2.46. The molecule has 1 aromatic rings. The van der Waals surface area contributed by atoms with Crippen LogP contribution in [0.1, 0.15) is 20.8 Å². The van der Waals surface area contributed by atoms with Crippen molar-refractivity contribution < 1.29 is 24.2 Å². The van der Waals surface area contributed by atoms with E-state index in [1.165, 1.54) is 0 Å². The highest BCUT2D eigenvalue weighted by molar-refractivity contribution is 9.10. The second-order valence-electron chi connectivity index (χ2n) is 5.30. The van der Waals surface area contributed by atoms with Crippen LogP contribution in [0, 0.1) is 0 Å². The maximum absolute atomic E-state index is 11.6. The first kappa shape index (κ1) is 17.3. The molecule has 21 heavy (non-hydrogen) atoms. The Balaban J connectivity index is 2.56. The van der Waals surface area contributed by atoms with E-state index in [0.717, 1.165) is 4.47 Å². The van der Waals surface area contributed by atoms with Crippen molar-refractivity contribution in [2.75, 3.05) is 6.61 Å². The third kappa shape index (κ3) is 6.99. The van der Waals surface area contributed by atoms with Crippen LogP contribution < -0.4 is 10.1 Å². The van der Waals surface area contributed by atoms with E-state index < -0.39 is 23.7 Å². The number of benzene rings is 1. The van der Waals surface area contributed by atoms with Gasteiger partial charge in [0.2, 0.25) is 0 Å². The maximum atomic E-state index is 11.6. The van der Waals surface area contributed by atoms with Gasteiger partial charge in [0.25, 0.3) is 0 Å². The van der Waals surface area contributed by atoms with Crippen LogP contribution in [-0.2, 0) is 9.53 Å². The molecule has 0 aromatic heterocycles. The van der Waals surface area contributed by atoms with Crippen molar-refractivity contribution in [1.29, 1.82) is 0 Å². The molecular formula is C14H18BrNO5. The van der Waals surface area contributed by atoms with Gasteiger partial charge in [0.1, 0.15) is 18.0 Å². The molecule has 0 saturated heterocycles. The average Bonchev–Trinajstić information content (AvgIpc) is 2.33. The number of amides is 1. The van der Waals surface area contributed by atoms with Crippen LogP contribution >= 0.6 is 15.9 Å². The minimum absolute atomic E-state index is 0.198. The number of rotatable bonds is 5. The van der Waals surface area contributed by atoms with Crippen LogP contribution in [0.2, 0.25) is 0 Å². The van der Waals surface area contributed by atoms with E-state index in [4.69, 9.17) is 14.6 Å². The van der Waals surface area contributed by atoms with E-state index in [0.29, 0.717) is 5.75 Å². The van der Waals surface area contributed by atoms with Gasteiger partial charge in [-0.3, -0.25) is 0 Å². The van der Waals surface area contributed by atoms with Crippen LogP contribution in [0.25, 0.3) is 0 Å². The van der Waals surface area contributed by atoms with Crippen LogP contribution in [0.4, 0.5) is 4.79 Å². The zero-order valence-corrected chi connectivity index (χ0v) is 13.6. The molecule has 1 atom stereocenters. The highest BCUT2D eigenvalue weighted by Crippen LogP contribution is 2.16. The van der Waals surface area contributed by atoms with Crippen molar-refractivity contribution in [2.45, 2.75) is 32.4 Å². The summed E-state index contributed by atoms with van der Waals surface area (Å²) in [6.07, 6.45) is -0.797. The fourth-order valence-electron chi connectivity index (χ4n) is 1.33. The monoisotopic (exact) mass is 359 g/mol. The predicted octanol–water partition coefficient (Wildman–Crippen LogP) is 2.81. The molecule has 0 aliphatic rings. The Hall–Kier alpha value is -1.76. The molecule has 0 aliphatic heterocycles. The molecule has 0 radical (unpaired) electrons. The molecule has 0 heterocycles. The molecule has 0 bridgehead atoms. The molecule has 6 nitrogen and oxygen atoms in total. The quantitative estimate of drug-likeness (QED) is 0.844. The summed E-state index contributed by atoms with van der Waals surface area (Å²) in [5.41, 5.74) is -0.695. The highest BCUT2D eigenvalue weighted by atomic mass is 79.9. The molecule has 0 aliphatic carbocycles. The first-order valence-electron chi connectivity index (χ1n) is 6.28. The Morgan fingerprint density at radius 1 is 1.29 bits per heavy atom. The molecule has 0 saturated carbocycles. The molecule has 0 spiro atoms. The van der Waals surface area contributed by atoms with Gasteiger partial charge in [0, 0.05) is 4.47 Å². The normalized spacial score (nSPS) is 12.4. The Labute approximate surface area is 131 Å². The fourth-order valence-corrected chi connectivity index (χ4v) is 1.60. The highest BCUT2D eigenvalue weighted by Gasteiger charge is 2.24. The van der Waals surface area contributed by atoms with Crippen molar-refractivity contribution in [2.24, 2.45) is 0 Å². The second kappa shape index (κ2) is 7.31. The van der Waals surface area contributed by atoms with Gasteiger partial charge < -0.3 is 19.9 Å². The van der Waals surface area contributed by atoms with Crippen molar-refractivity contribution in [3.8, 4) is 5.75 Å². The third-order valence-electron chi connectivity index (χ3n) is 2.22. The zero-order valence-electron chi connectivity index (χ0n) is 12.1. The van der Waals surface area contributed by atoms with Gasteiger partial charge in [-0.1, -0.05) is 15.9 Å². The summed E-state index contributed by atoms with van der Waals surface area (Å²) >= 11 is 3.29. The van der Waals surface area contributed by atoms with E-state index in [1.807, 2.05) is 0 Å². The first-order chi connectivity index (χ1) is 9.67. The number of hydrogen-bond acceptors (Lipinski definition) is 4. The molecule has 7 heteroatoms. The summed E-state index contributed by atoms with van der Waals surface area (Å²) in [4.78, 5) is 22.7. The van der Waals surface area contributed by atoms with Crippen molar-refractivity contribution >= 4 is 28.0 Å². The summed E-state index contributed by atoms with van der Waals surface area (Å²) in [7, 11) is 0. The van der Waals surface area contributed by atoms with Gasteiger partial charge >= 0.3 is 12.1 Å². The van der Waals surface area contributed by atoms with E-state index in [9.17, 15) is 9.59 Å². The molecule has 1 unspecified atom stereocenters. The molecule has 0 fully saturated rings. The number of carboxylic acid groups (broad SMARTS) is 1. The number of carbonyl (C=O) groups is 2. The Morgan fingerprint density at radius 3 is 2.33 bits per heavy atom. The van der Waals surface area contributed by atoms with Gasteiger partial charge in [0.05, 0.1) is 0 Å². The molecule has 2 N–H and O–H groups in total. The number of carbonyl (C=O) groups excluding carboxylic acids is 1. The number of ether oxygens (including phenoxy) is 2. The maximum Gasteiger partial charge on any atom is 0.408 e. The summed E-state index contributed by atoms with van der Waals surface area (Å²) in [6, 6.07) is 5.73. The number of carboxylic acids is 1. The lowest BCUT2D eigenvalue weighted by Gasteiger charge is -2.22. The minimum atomic E-state index is -1.20. The first-order valence-corrected chi connectivity index (χ1v) is 7.07. The lowest BCUT2D eigenvalue weighted by molar-refractivity contribution is -0.140. The predicted molar refractivity (Wildman–Crippen MR) is 80.4 cm³/mol. The molecule has 1 aromatic carbocycles. The third-order valence-corrected chi connectivity index (χ3v) is 2.75. The van der Waals surface area contributed by atoms with E-state index >= 15 is 0 Å². The summed E-state index contributed by atoms with van der Waals surface area (Å²) in [5, 5.41) is 11.3. The van der Waals surface area contributed by atoms with Crippen molar-refractivity contribution in [1.82, 2.24) is 5.32 Å². The number of alkyl carbamates (subject to hydrolysis) is 1. The van der Waals surface area contributed by atoms with Gasteiger partial charge in [-0.2, -0.15) is 0 Å². The Bertz CT molecular complexity index is 495. The SMILES string of the molecule is CC(C)(C)OC(=O)NC(COc1ccc(Br)cc1)C(=O)O. The van der Waals surface area contributed by atoms with E-state index in [1.54, 1.807) is 45.0 Å². The van der Waals surface area contributed by atoms with E-state index in [-0.39, 0.29) is 6.61 Å². The number of halogens is 1. The Morgan fingerprint density at radius 2 is 1.86 bits per heavy atom. The van der Waals surface area contributed by atoms with Crippen LogP contribution in [-0.4, -0.2) is 35.4 Å². The Kier molecular flexibility index (Phi) is 6.02. The summed E-state index contributed by atoms with van der Waals surface area (Å²) < 4.78 is 11.2. The number of hydrogen-bond donors (Lipinski definition) is 2. The van der Waals surface area contributed by atoms with Crippen molar-refractivity contribution in [3.63, 3.8) is 0 Å². The topological polar surface area (TPSA) is 84.9 Å². The smallest absolute Gasteiger partial charge is 0.408 e. The minimum Gasteiger partial charge on any atom is -0.491 e. The zero-order chi connectivity index (χ0) is 16.0. The molecule has 116 valence electrons. The molecule has 1 amide bonds. The van der Waals surface area contributed by atoms with Crippen LogP contribution in [0.15, 0.2) is 28.7 Å². The summed E-state index contributed by atoms with van der Waals surface area (Å²) in [6.45, 7) is 4.89. The van der Waals surface area contributed by atoms with Gasteiger partial charge in [-0.25, -0.2) is 9.59 Å². The van der Waals surface area contributed by atoms with E-state index in [2.05, 4.69) is 21.2 Å². The standard InChI is InChI=1S/C14H18BrNO5/c1-14(2,3)21-13(19)16-11(12(17)18)8-20-10-6-4-9(15)5-7-10/h4-7,11H,8H2,1-3H3,(H,16,19)(H,17,18). The van der Waals surface area contributed by atoms with Crippen molar-refractivity contribution in [3.05, 3.63) is 28.7 Å². The number of aliphatic carboxylic acids is 1. The number of nitrogens with one attached hydrogen (secondary N) is 1. The van der Waals surface area contributed by atoms with Crippen LogP contribution in [0.3, 0.4) is 0 Å². The van der Waals surface area contributed by atoms with Gasteiger partial charge in [-0.05, 0) is 45.0 Å². The molecular weight excluding hydrogens is 342 g/mol. The van der Waals surface area contributed by atoms with Crippen LogP contribution in [0.5, 0.6) is 5.75 Å². The summed E-state index contributed by atoms with van der Waals surface area (Å²) in [5.74, 6) is -0.687. The van der Waals surface area contributed by atoms with Gasteiger partial charge in [0.15, 0.2) is 6.04 Å².